The van der Waals surface area contributed by atoms with Crippen LogP contribution < -0.4 is 15.4 Å². The Kier molecular flexibility index (Phi) is 4.63. The van der Waals surface area contributed by atoms with Crippen molar-refractivity contribution in [3.8, 4) is 5.75 Å². The first-order chi connectivity index (χ1) is 9.16. The molecule has 1 aliphatic heterocycles. The molecule has 2 N–H and O–H groups in total. The first-order valence-electron chi connectivity index (χ1n) is 6.57. The molecule has 19 heavy (non-hydrogen) atoms. The number of fused-ring (bicyclic) bond motifs is 1. The molecule has 5 heteroatoms. The van der Waals surface area contributed by atoms with Gasteiger partial charge in [-0.05, 0) is 20.2 Å². The van der Waals surface area contributed by atoms with Gasteiger partial charge in [0.2, 0.25) is 0 Å². The zero-order valence-electron chi connectivity index (χ0n) is 11.5. The molecule has 0 aliphatic carbocycles. The molecule has 1 heterocycles. The summed E-state index contributed by atoms with van der Waals surface area (Å²) in [5.74, 6) is 0.868. The summed E-state index contributed by atoms with van der Waals surface area (Å²) in [5, 5.41) is 5.86. The third-order valence-corrected chi connectivity index (χ3v) is 3.11. The summed E-state index contributed by atoms with van der Waals surface area (Å²) in [7, 11) is 3.96. The fourth-order valence-electron chi connectivity index (χ4n) is 2.09. The number of hydrogen-bond acceptors (Lipinski definition) is 3. The van der Waals surface area contributed by atoms with Crippen LogP contribution in [0.2, 0.25) is 0 Å². The highest BCUT2D eigenvalue weighted by atomic mass is 16.5. The Hall–Kier alpha value is -1.75. The minimum absolute atomic E-state index is 0.0318. The second-order valence-electron chi connectivity index (χ2n) is 4.93. The van der Waals surface area contributed by atoms with Crippen LogP contribution in [0.25, 0.3) is 0 Å². The van der Waals surface area contributed by atoms with Crippen LogP contribution in [0.5, 0.6) is 5.75 Å². The van der Waals surface area contributed by atoms with Crippen LogP contribution in [0, 0.1) is 0 Å². The highest BCUT2D eigenvalue weighted by Gasteiger charge is 2.22. The molecule has 0 bridgehead atoms. The molecule has 0 fully saturated rings. The van der Waals surface area contributed by atoms with Crippen LogP contribution in [0.4, 0.5) is 4.79 Å². The monoisotopic (exact) mass is 263 g/mol. The number of carbonyl (C=O) groups is 1. The average Bonchev–Trinajstić information content (AvgIpc) is 2.39. The molecule has 1 aliphatic rings. The van der Waals surface area contributed by atoms with Gasteiger partial charge >= 0.3 is 6.03 Å². The fraction of sp³-hybridized carbons (Fsp3) is 0.500. The van der Waals surface area contributed by atoms with E-state index in [1.54, 1.807) is 0 Å². The van der Waals surface area contributed by atoms with Crippen molar-refractivity contribution in [2.75, 3.05) is 33.8 Å². The van der Waals surface area contributed by atoms with Gasteiger partial charge in [0.1, 0.15) is 5.75 Å². The molecule has 104 valence electrons. The average molecular weight is 263 g/mol. The largest absolute Gasteiger partial charge is 0.493 e. The van der Waals surface area contributed by atoms with Gasteiger partial charge < -0.3 is 20.3 Å². The Morgan fingerprint density at radius 1 is 1.42 bits per heavy atom. The van der Waals surface area contributed by atoms with Crippen molar-refractivity contribution in [3.05, 3.63) is 29.8 Å². The van der Waals surface area contributed by atoms with Gasteiger partial charge in [-0.3, -0.25) is 0 Å². The van der Waals surface area contributed by atoms with E-state index >= 15 is 0 Å². The summed E-state index contributed by atoms with van der Waals surface area (Å²) >= 11 is 0. The van der Waals surface area contributed by atoms with E-state index in [9.17, 15) is 4.79 Å². The number of para-hydroxylation sites is 1. The summed E-state index contributed by atoms with van der Waals surface area (Å²) in [6.45, 7) is 2.11. The SMILES string of the molecule is CN(C)CCNC(=O)NC1CCOc2ccccc21. The molecule has 0 spiro atoms. The van der Waals surface area contributed by atoms with Crippen LogP contribution in [0.1, 0.15) is 18.0 Å². The van der Waals surface area contributed by atoms with Crippen molar-refractivity contribution in [2.45, 2.75) is 12.5 Å². The summed E-state index contributed by atoms with van der Waals surface area (Å²) in [6, 6.07) is 7.75. The second-order valence-corrected chi connectivity index (χ2v) is 4.93. The number of benzene rings is 1. The maximum atomic E-state index is 11.8. The minimum Gasteiger partial charge on any atom is -0.493 e. The Morgan fingerprint density at radius 2 is 2.21 bits per heavy atom. The molecular weight excluding hydrogens is 242 g/mol. The molecule has 0 saturated heterocycles. The van der Waals surface area contributed by atoms with E-state index in [0.717, 1.165) is 24.3 Å². The molecule has 0 radical (unpaired) electrons. The number of nitrogens with zero attached hydrogens (tertiary/aromatic N) is 1. The predicted octanol–water partition coefficient (Wildman–Crippen LogP) is 1.37. The lowest BCUT2D eigenvalue weighted by molar-refractivity contribution is 0.222. The molecular formula is C14H21N3O2. The molecule has 0 saturated carbocycles. The van der Waals surface area contributed by atoms with Gasteiger partial charge in [-0.1, -0.05) is 18.2 Å². The molecule has 1 aromatic carbocycles. The van der Waals surface area contributed by atoms with Crippen LogP contribution in [0.3, 0.4) is 0 Å². The van der Waals surface area contributed by atoms with Gasteiger partial charge in [0.05, 0.1) is 12.6 Å². The second kappa shape index (κ2) is 6.43. The first-order valence-corrected chi connectivity index (χ1v) is 6.57. The topological polar surface area (TPSA) is 53.6 Å². The van der Waals surface area contributed by atoms with Crippen LogP contribution >= 0.6 is 0 Å². The normalized spacial score (nSPS) is 17.5. The maximum absolute atomic E-state index is 11.8. The molecule has 1 atom stereocenters. The highest BCUT2D eigenvalue weighted by molar-refractivity contribution is 5.74. The number of carbonyl (C=O) groups excluding carboxylic acids is 1. The van der Waals surface area contributed by atoms with E-state index in [1.807, 2.05) is 43.3 Å². The first kappa shape index (κ1) is 13.7. The highest BCUT2D eigenvalue weighted by Crippen LogP contribution is 2.31. The van der Waals surface area contributed by atoms with Crippen molar-refractivity contribution in [1.29, 1.82) is 0 Å². The van der Waals surface area contributed by atoms with Gasteiger partial charge in [-0.15, -0.1) is 0 Å². The van der Waals surface area contributed by atoms with Crippen LogP contribution in [-0.4, -0.2) is 44.7 Å². The van der Waals surface area contributed by atoms with E-state index in [-0.39, 0.29) is 12.1 Å². The van der Waals surface area contributed by atoms with Crippen molar-refractivity contribution < 1.29 is 9.53 Å². The smallest absolute Gasteiger partial charge is 0.315 e. The summed E-state index contributed by atoms with van der Waals surface area (Å²) in [6.07, 6.45) is 0.804. The summed E-state index contributed by atoms with van der Waals surface area (Å²) in [5.41, 5.74) is 1.05. The number of hydrogen-bond donors (Lipinski definition) is 2. The Bertz CT molecular complexity index is 434. The van der Waals surface area contributed by atoms with E-state index in [4.69, 9.17) is 4.74 Å². The zero-order valence-corrected chi connectivity index (χ0v) is 11.5. The number of likely N-dealkylation sites (N-methyl/N-ethyl adjacent to an activating group) is 1. The zero-order chi connectivity index (χ0) is 13.7. The molecule has 0 aromatic heterocycles. The Balaban J connectivity index is 1.88. The summed E-state index contributed by atoms with van der Waals surface area (Å²) in [4.78, 5) is 13.9. The van der Waals surface area contributed by atoms with Gasteiger partial charge in [0.15, 0.2) is 0 Å². The van der Waals surface area contributed by atoms with Gasteiger partial charge in [-0.25, -0.2) is 4.79 Å². The van der Waals surface area contributed by atoms with E-state index in [0.29, 0.717) is 13.2 Å². The number of amides is 2. The lowest BCUT2D eigenvalue weighted by Crippen LogP contribution is -2.41. The minimum atomic E-state index is -0.122. The van der Waals surface area contributed by atoms with Crippen LogP contribution in [0.15, 0.2) is 24.3 Å². The van der Waals surface area contributed by atoms with Crippen molar-refractivity contribution in [3.63, 3.8) is 0 Å². The number of nitrogens with one attached hydrogen (secondary N) is 2. The van der Waals surface area contributed by atoms with E-state index in [1.165, 1.54) is 0 Å². The molecule has 2 rings (SSSR count). The molecule has 2 amide bonds. The van der Waals surface area contributed by atoms with Gasteiger partial charge in [-0.2, -0.15) is 0 Å². The van der Waals surface area contributed by atoms with Crippen molar-refractivity contribution in [2.24, 2.45) is 0 Å². The lowest BCUT2D eigenvalue weighted by Gasteiger charge is -2.26. The van der Waals surface area contributed by atoms with Gasteiger partial charge in [0, 0.05) is 25.1 Å². The third-order valence-electron chi connectivity index (χ3n) is 3.11. The summed E-state index contributed by atoms with van der Waals surface area (Å²) < 4.78 is 5.57. The van der Waals surface area contributed by atoms with E-state index < -0.39 is 0 Å². The molecule has 5 nitrogen and oxygen atoms in total. The van der Waals surface area contributed by atoms with Crippen LogP contribution in [-0.2, 0) is 0 Å². The van der Waals surface area contributed by atoms with Crippen molar-refractivity contribution >= 4 is 6.03 Å². The van der Waals surface area contributed by atoms with Crippen molar-refractivity contribution in [1.82, 2.24) is 15.5 Å². The molecule has 1 unspecified atom stereocenters. The number of rotatable bonds is 4. The number of urea groups is 1. The third kappa shape index (κ3) is 3.86. The molecule has 1 aromatic rings. The standard InChI is InChI=1S/C14H21N3O2/c1-17(2)9-8-15-14(18)16-12-7-10-19-13-6-4-3-5-11(12)13/h3-6,12H,7-10H2,1-2H3,(H2,15,16,18). The van der Waals surface area contributed by atoms with Gasteiger partial charge in [0.25, 0.3) is 0 Å². The van der Waals surface area contributed by atoms with E-state index in [2.05, 4.69) is 10.6 Å². The lowest BCUT2D eigenvalue weighted by atomic mass is 10.0. The maximum Gasteiger partial charge on any atom is 0.315 e. The number of ether oxygens (including phenoxy) is 1. The predicted molar refractivity (Wildman–Crippen MR) is 74.4 cm³/mol. The quantitative estimate of drug-likeness (QED) is 0.862. The fourth-order valence-corrected chi connectivity index (χ4v) is 2.09. The Labute approximate surface area is 113 Å². The Morgan fingerprint density at radius 3 is 3.00 bits per heavy atom.